The zero-order valence-corrected chi connectivity index (χ0v) is 13.4. The largest absolute Gasteiger partial charge is 0.373 e. The van der Waals surface area contributed by atoms with Crippen LogP contribution >= 0.6 is 0 Å². The van der Waals surface area contributed by atoms with Crippen LogP contribution in [0.15, 0.2) is 30.6 Å². The molecule has 0 radical (unpaired) electrons. The minimum absolute atomic E-state index is 0.0474. The first-order valence-corrected chi connectivity index (χ1v) is 7.69. The average molecular weight is 315 g/mol. The SMILES string of the molecule is CNc1cccc([C@H]2CN(C(=O)Cn3cc(C)cn3)CCO2)n1. The highest BCUT2D eigenvalue weighted by Gasteiger charge is 2.26. The summed E-state index contributed by atoms with van der Waals surface area (Å²) in [5.41, 5.74) is 1.88. The van der Waals surface area contributed by atoms with E-state index in [1.165, 1.54) is 0 Å². The molecule has 7 heteroatoms. The smallest absolute Gasteiger partial charge is 0.244 e. The Hall–Kier alpha value is -2.41. The molecule has 0 unspecified atom stereocenters. The highest BCUT2D eigenvalue weighted by molar-refractivity contribution is 5.76. The summed E-state index contributed by atoms with van der Waals surface area (Å²) in [5, 5.41) is 7.18. The van der Waals surface area contributed by atoms with Crippen molar-refractivity contribution in [1.29, 1.82) is 0 Å². The van der Waals surface area contributed by atoms with Gasteiger partial charge in [0.25, 0.3) is 0 Å². The van der Waals surface area contributed by atoms with Crippen LogP contribution in [0.4, 0.5) is 5.82 Å². The Kier molecular flexibility index (Phi) is 4.57. The average Bonchev–Trinajstić information content (AvgIpc) is 3.00. The van der Waals surface area contributed by atoms with E-state index in [1.807, 2.05) is 43.3 Å². The summed E-state index contributed by atoms with van der Waals surface area (Å²) in [6.45, 7) is 3.84. The molecule has 2 aromatic rings. The van der Waals surface area contributed by atoms with E-state index >= 15 is 0 Å². The molecule has 23 heavy (non-hydrogen) atoms. The molecule has 0 saturated carbocycles. The highest BCUT2D eigenvalue weighted by Crippen LogP contribution is 2.22. The van der Waals surface area contributed by atoms with Gasteiger partial charge >= 0.3 is 0 Å². The van der Waals surface area contributed by atoms with Crippen molar-refractivity contribution in [3.05, 3.63) is 41.9 Å². The number of ether oxygens (including phenoxy) is 1. The normalized spacial score (nSPS) is 18.0. The maximum atomic E-state index is 12.5. The van der Waals surface area contributed by atoms with Crippen molar-refractivity contribution in [2.45, 2.75) is 19.6 Å². The number of amides is 1. The predicted molar refractivity (Wildman–Crippen MR) is 86.0 cm³/mol. The Morgan fingerprint density at radius 1 is 1.48 bits per heavy atom. The van der Waals surface area contributed by atoms with Crippen LogP contribution in [-0.4, -0.2) is 52.3 Å². The van der Waals surface area contributed by atoms with Gasteiger partial charge < -0.3 is 15.0 Å². The zero-order chi connectivity index (χ0) is 16.2. The summed E-state index contributed by atoms with van der Waals surface area (Å²) in [6.07, 6.45) is 3.43. The van der Waals surface area contributed by atoms with Crippen LogP contribution in [0.2, 0.25) is 0 Å². The van der Waals surface area contributed by atoms with Gasteiger partial charge in [0.2, 0.25) is 5.91 Å². The van der Waals surface area contributed by atoms with E-state index in [-0.39, 0.29) is 18.6 Å². The second-order valence-corrected chi connectivity index (χ2v) is 5.61. The lowest BCUT2D eigenvalue weighted by Crippen LogP contribution is -2.43. The first kappa shape index (κ1) is 15.5. The lowest BCUT2D eigenvalue weighted by molar-refractivity contribution is -0.140. The molecule has 1 amide bonds. The molecule has 0 aromatic carbocycles. The fourth-order valence-electron chi connectivity index (χ4n) is 2.62. The molecule has 1 fully saturated rings. The molecule has 0 bridgehead atoms. The number of carbonyl (C=O) groups excluding carboxylic acids is 1. The number of nitrogens with one attached hydrogen (secondary N) is 1. The van der Waals surface area contributed by atoms with Gasteiger partial charge in [-0.3, -0.25) is 9.48 Å². The standard InChI is InChI=1S/C16H21N5O2/c1-12-8-18-21(9-12)11-16(22)20-6-7-23-14(10-20)13-4-3-5-15(17-2)19-13/h3-5,8-9,14H,6-7,10-11H2,1-2H3,(H,17,19)/t14-/m1/s1. The van der Waals surface area contributed by atoms with Gasteiger partial charge in [-0.1, -0.05) is 6.07 Å². The summed E-state index contributed by atoms with van der Waals surface area (Å²) in [5.74, 6) is 0.840. The van der Waals surface area contributed by atoms with Gasteiger partial charge in [0.1, 0.15) is 18.5 Å². The maximum Gasteiger partial charge on any atom is 0.244 e. The van der Waals surface area contributed by atoms with Gasteiger partial charge in [-0.05, 0) is 24.6 Å². The van der Waals surface area contributed by atoms with Gasteiger partial charge in [-0.15, -0.1) is 0 Å². The van der Waals surface area contributed by atoms with Gasteiger partial charge in [0, 0.05) is 19.8 Å². The minimum atomic E-state index is -0.194. The number of morpholine rings is 1. The fourth-order valence-corrected chi connectivity index (χ4v) is 2.62. The number of carbonyl (C=O) groups is 1. The molecule has 1 aliphatic heterocycles. The topological polar surface area (TPSA) is 72.3 Å². The maximum absolute atomic E-state index is 12.5. The molecular formula is C16H21N5O2. The number of rotatable bonds is 4. The third kappa shape index (κ3) is 3.68. The van der Waals surface area contributed by atoms with E-state index < -0.39 is 0 Å². The van der Waals surface area contributed by atoms with Crippen LogP contribution in [0.5, 0.6) is 0 Å². The summed E-state index contributed by atoms with van der Waals surface area (Å²) in [7, 11) is 1.83. The first-order valence-electron chi connectivity index (χ1n) is 7.69. The first-order chi connectivity index (χ1) is 11.2. The molecule has 122 valence electrons. The van der Waals surface area contributed by atoms with E-state index in [2.05, 4.69) is 15.4 Å². The van der Waals surface area contributed by atoms with E-state index in [1.54, 1.807) is 10.9 Å². The highest BCUT2D eigenvalue weighted by atomic mass is 16.5. The van der Waals surface area contributed by atoms with E-state index in [9.17, 15) is 4.79 Å². The Morgan fingerprint density at radius 3 is 3.09 bits per heavy atom. The lowest BCUT2D eigenvalue weighted by Gasteiger charge is -2.32. The van der Waals surface area contributed by atoms with Crippen LogP contribution in [0.25, 0.3) is 0 Å². The van der Waals surface area contributed by atoms with Crippen molar-refractivity contribution in [3.8, 4) is 0 Å². The van der Waals surface area contributed by atoms with Crippen LogP contribution < -0.4 is 5.32 Å². The van der Waals surface area contributed by atoms with Crippen LogP contribution in [0.3, 0.4) is 0 Å². The summed E-state index contributed by atoms with van der Waals surface area (Å²) < 4.78 is 7.46. The van der Waals surface area contributed by atoms with Gasteiger partial charge in [-0.2, -0.15) is 5.10 Å². The number of hydrogen-bond donors (Lipinski definition) is 1. The predicted octanol–water partition coefficient (Wildman–Crippen LogP) is 1.23. The van der Waals surface area contributed by atoms with Crippen molar-refractivity contribution in [3.63, 3.8) is 0 Å². The molecule has 1 aliphatic rings. The van der Waals surface area contributed by atoms with Crippen molar-refractivity contribution >= 4 is 11.7 Å². The Morgan fingerprint density at radius 2 is 2.35 bits per heavy atom. The second-order valence-electron chi connectivity index (χ2n) is 5.61. The number of anilines is 1. The molecule has 3 rings (SSSR count). The fraction of sp³-hybridized carbons (Fsp3) is 0.438. The Labute approximate surface area is 135 Å². The Balaban J connectivity index is 1.66. The second kappa shape index (κ2) is 6.78. The molecule has 7 nitrogen and oxygen atoms in total. The summed E-state index contributed by atoms with van der Waals surface area (Å²) in [6, 6.07) is 5.76. The number of hydrogen-bond acceptors (Lipinski definition) is 5. The monoisotopic (exact) mass is 315 g/mol. The van der Waals surface area contributed by atoms with Crippen molar-refractivity contribution in [2.75, 3.05) is 32.1 Å². The van der Waals surface area contributed by atoms with Crippen molar-refractivity contribution in [1.82, 2.24) is 19.7 Å². The molecule has 1 atom stereocenters. The molecule has 1 saturated heterocycles. The molecule has 0 spiro atoms. The lowest BCUT2D eigenvalue weighted by atomic mass is 10.2. The molecule has 2 aromatic heterocycles. The summed E-state index contributed by atoms with van der Waals surface area (Å²) in [4.78, 5) is 18.8. The van der Waals surface area contributed by atoms with Crippen LogP contribution in [-0.2, 0) is 16.1 Å². The quantitative estimate of drug-likeness (QED) is 0.919. The molecule has 1 N–H and O–H groups in total. The third-order valence-corrected chi connectivity index (χ3v) is 3.84. The van der Waals surface area contributed by atoms with Crippen LogP contribution in [0.1, 0.15) is 17.4 Å². The minimum Gasteiger partial charge on any atom is -0.373 e. The molecular weight excluding hydrogens is 294 g/mol. The summed E-state index contributed by atoms with van der Waals surface area (Å²) >= 11 is 0. The number of aromatic nitrogens is 3. The number of nitrogens with zero attached hydrogens (tertiary/aromatic N) is 4. The third-order valence-electron chi connectivity index (χ3n) is 3.84. The van der Waals surface area contributed by atoms with Crippen LogP contribution in [0, 0.1) is 6.92 Å². The Bertz CT molecular complexity index is 685. The van der Waals surface area contributed by atoms with Gasteiger partial charge in [-0.25, -0.2) is 4.98 Å². The molecule has 0 aliphatic carbocycles. The number of aryl methyl sites for hydroxylation is 1. The number of pyridine rings is 1. The van der Waals surface area contributed by atoms with Crippen molar-refractivity contribution in [2.24, 2.45) is 0 Å². The molecule has 3 heterocycles. The van der Waals surface area contributed by atoms with E-state index in [0.717, 1.165) is 17.1 Å². The van der Waals surface area contributed by atoms with Gasteiger partial charge in [0.05, 0.1) is 25.0 Å². The van der Waals surface area contributed by atoms with Crippen molar-refractivity contribution < 1.29 is 9.53 Å². The van der Waals surface area contributed by atoms with E-state index in [0.29, 0.717) is 19.7 Å². The van der Waals surface area contributed by atoms with E-state index in [4.69, 9.17) is 4.74 Å². The van der Waals surface area contributed by atoms with Gasteiger partial charge in [0.15, 0.2) is 0 Å². The zero-order valence-electron chi connectivity index (χ0n) is 13.4.